The second-order valence-electron chi connectivity index (χ2n) is 3.51. The van der Waals surface area contributed by atoms with Gasteiger partial charge in [0.2, 0.25) is 0 Å². The molecule has 66 valence electrons. The standard InChI is InChI=1S/C10H20O/c1-5-8(2)6-7-9(3)10(4)11/h5,8-11H,1,6-7H2,2-4H3. The van der Waals surface area contributed by atoms with Crippen LogP contribution in [0.15, 0.2) is 12.7 Å². The smallest absolute Gasteiger partial charge is 0.0537 e. The Balaban J connectivity index is 3.45. The Morgan fingerprint density at radius 2 is 1.82 bits per heavy atom. The number of aliphatic hydroxyl groups excluding tert-OH is 1. The Morgan fingerprint density at radius 3 is 2.18 bits per heavy atom. The minimum absolute atomic E-state index is 0.174. The third kappa shape index (κ3) is 5.02. The van der Waals surface area contributed by atoms with Crippen molar-refractivity contribution in [1.29, 1.82) is 0 Å². The van der Waals surface area contributed by atoms with Crippen LogP contribution in [0.2, 0.25) is 0 Å². The van der Waals surface area contributed by atoms with Crippen molar-refractivity contribution in [3.63, 3.8) is 0 Å². The fourth-order valence-electron chi connectivity index (χ4n) is 0.885. The molecular formula is C10H20O. The van der Waals surface area contributed by atoms with Crippen LogP contribution in [-0.2, 0) is 0 Å². The molecule has 0 aliphatic carbocycles. The maximum absolute atomic E-state index is 9.18. The second-order valence-corrected chi connectivity index (χ2v) is 3.51. The molecule has 0 amide bonds. The van der Waals surface area contributed by atoms with E-state index in [1.54, 1.807) is 0 Å². The molecule has 0 aromatic rings. The average Bonchev–Trinajstić information content (AvgIpc) is 1.99. The molecular weight excluding hydrogens is 136 g/mol. The Hall–Kier alpha value is -0.300. The van der Waals surface area contributed by atoms with Gasteiger partial charge in [-0.25, -0.2) is 0 Å². The molecule has 3 unspecified atom stereocenters. The summed E-state index contributed by atoms with van der Waals surface area (Å²) in [5, 5.41) is 9.18. The van der Waals surface area contributed by atoms with Gasteiger partial charge in [-0.05, 0) is 31.6 Å². The van der Waals surface area contributed by atoms with Crippen molar-refractivity contribution in [2.45, 2.75) is 39.7 Å². The van der Waals surface area contributed by atoms with Crippen LogP contribution in [0.3, 0.4) is 0 Å². The highest BCUT2D eigenvalue weighted by Crippen LogP contribution is 2.15. The second kappa shape index (κ2) is 5.36. The van der Waals surface area contributed by atoms with Crippen molar-refractivity contribution in [1.82, 2.24) is 0 Å². The highest BCUT2D eigenvalue weighted by atomic mass is 16.3. The van der Waals surface area contributed by atoms with Gasteiger partial charge in [0, 0.05) is 0 Å². The summed E-state index contributed by atoms with van der Waals surface area (Å²) < 4.78 is 0. The van der Waals surface area contributed by atoms with Crippen molar-refractivity contribution in [2.75, 3.05) is 0 Å². The van der Waals surface area contributed by atoms with E-state index in [1.807, 2.05) is 13.0 Å². The van der Waals surface area contributed by atoms with E-state index in [4.69, 9.17) is 0 Å². The molecule has 0 aliphatic heterocycles. The summed E-state index contributed by atoms with van der Waals surface area (Å²) in [5.41, 5.74) is 0. The van der Waals surface area contributed by atoms with E-state index in [0.717, 1.165) is 12.8 Å². The maximum atomic E-state index is 9.18. The van der Waals surface area contributed by atoms with Crippen molar-refractivity contribution in [3.8, 4) is 0 Å². The van der Waals surface area contributed by atoms with Gasteiger partial charge in [0.15, 0.2) is 0 Å². The molecule has 0 spiro atoms. The minimum atomic E-state index is -0.174. The quantitative estimate of drug-likeness (QED) is 0.607. The lowest BCUT2D eigenvalue weighted by molar-refractivity contribution is 0.127. The van der Waals surface area contributed by atoms with Crippen LogP contribution in [0.1, 0.15) is 33.6 Å². The fraction of sp³-hybridized carbons (Fsp3) is 0.800. The van der Waals surface area contributed by atoms with Gasteiger partial charge in [0.25, 0.3) is 0 Å². The SMILES string of the molecule is C=CC(C)CCC(C)C(C)O. The third-order valence-electron chi connectivity index (χ3n) is 2.30. The first kappa shape index (κ1) is 10.7. The van der Waals surface area contributed by atoms with Gasteiger partial charge in [-0.1, -0.05) is 19.9 Å². The van der Waals surface area contributed by atoms with Gasteiger partial charge in [-0.3, -0.25) is 0 Å². The highest BCUT2D eigenvalue weighted by molar-refractivity contribution is 4.75. The molecule has 0 saturated carbocycles. The van der Waals surface area contributed by atoms with Crippen LogP contribution in [-0.4, -0.2) is 11.2 Å². The van der Waals surface area contributed by atoms with Gasteiger partial charge in [-0.15, -0.1) is 6.58 Å². The van der Waals surface area contributed by atoms with Gasteiger partial charge >= 0.3 is 0 Å². The zero-order chi connectivity index (χ0) is 8.85. The van der Waals surface area contributed by atoms with Gasteiger partial charge in [0.05, 0.1) is 6.10 Å². The van der Waals surface area contributed by atoms with Crippen LogP contribution < -0.4 is 0 Å². The molecule has 0 heterocycles. The van der Waals surface area contributed by atoms with E-state index < -0.39 is 0 Å². The summed E-state index contributed by atoms with van der Waals surface area (Å²) in [7, 11) is 0. The predicted octanol–water partition coefficient (Wildman–Crippen LogP) is 2.61. The molecule has 0 aromatic carbocycles. The van der Waals surface area contributed by atoms with Crippen LogP contribution in [0.4, 0.5) is 0 Å². The van der Waals surface area contributed by atoms with E-state index in [9.17, 15) is 5.11 Å². The van der Waals surface area contributed by atoms with Crippen LogP contribution in [0.25, 0.3) is 0 Å². The molecule has 0 saturated heterocycles. The fourth-order valence-corrected chi connectivity index (χ4v) is 0.885. The van der Waals surface area contributed by atoms with Gasteiger partial charge < -0.3 is 5.11 Å². The third-order valence-corrected chi connectivity index (χ3v) is 2.30. The lowest BCUT2D eigenvalue weighted by Gasteiger charge is -2.15. The summed E-state index contributed by atoms with van der Waals surface area (Å²) in [6.07, 6.45) is 4.02. The molecule has 1 N–H and O–H groups in total. The maximum Gasteiger partial charge on any atom is 0.0537 e. The zero-order valence-corrected chi connectivity index (χ0v) is 7.88. The molecule has 0 aromatic heterocycles. The molecule has 11 heavy (non-hydrogen) atoms. The zero-order valence-electron chi connectivity index (χ0n) is 7.88. The van der Waals surface area contributed by atoms with Gasteiger partial charge in [0.1, 0.15) is 0 Å². The minimum Gasteiger partial charge on any atom is -0.393 e. The topological polar surface area (TPSA) is 20.2 Å². The largest absolute Gasteiger partial charge is 0.393 e. The van der Waals surface area contributed by atoms with E-state index in [2.05, 4.69) is 20.4 Å². The van der Waals surface area contributed by atoms with E-state index in [-0.39, 0.29) is 6.10 Å². The normalized spacial score (nSPS) is 18.9. The molecule has 0 rings (SSSR count). The molecule has 0 radical (unpaired) electrons. The Morgan fingerprint density at radius 1 is 1.27 bits per heavy atom. The summed E-state index contributed by atoms with van der Waals surface area (Å²) >= 11 is 0. The Labute approximate surface area is 70.1 Å². The van der Waals surface area contributed by atoms with E-state index in [0.29, 0.717) is 11.8 Å². The number of aliphatic hydroxyl groups is 1. The summed E-state index contributed by atoms with van der Waals surface area (Å²) in [4.78, 5) is 0. The molecule has 1 nitrogen and oxygen atoms in total. The van der Waals surface area contributed by atoms with Crippen molar-refractivity contribution < 1.29 is 5.11 Å². The van der Waals surface area contributed by atoms with E-state index in [1.165, 1.54) is 0 Å². The molecule has 3 atom stereocenters. The van der Waals surface area contributed by atoms with Crippen molar-refractivity contribution in [2.24, 2.45) is 11.8 Å². The van der Waals surface area contributed by atoms with Crippen molar-refractivity contribution in [3.05, 3.63) is 12.7 Å². The van der Waals surface area contributed by atoms with Crippen LogP contribution in [0, 0.1) is 11.8 Å². The molecule has 0 bridgehead atoms. The predicted molar refractivity (Wildman–Crippen MR) is 49.4 cm³/mol. The number of allylic oxidation sites excluding steroid dienone is 1. The average molecular weight is 156 g/mol. The monoisotopic (exact) mass is 156 g/mol. The number of hydrogen-bond acceptors (Lipinski definition) is 1. The Kier molecular flexibility index (Phi) is 5.22. The summed E-state index contributed by atoms with van der Waals surface area (Å²) in [6, 6.07) is 0. The summed E-state index contributed by atoms with van der Waals surface area (Å²) in [6.45, 7) is 9.81. The first-order chi connectivity index (χ1) is 5.07. The lowest BCUT2D eigenvalue weighted by Crippen LogP contribution is -2.13. The molecule has 0 aliphatic rings. The van der Waals surface area contributed by atoms with Crippen LogP contribution >= 0.6 is 0 Å². The first-order valence-electron chi connectivity index (χ1n) is 4.38. The van der Waals surface area contributed by atoms with Crippen molar-refractivity contribution >= 4 is 0 Å². The summed E-state index contributed by atoms with van der Waals surface area (Å²) in [5.74, 6) is 0.994. The molecule has 1 heteroatoms. The Bertz CT molecular complexity index is 107. The highest BCUT2D eigenvalue weighted by Gasteiger charge is 2.08. The van der Waals surface area contributed by atoms with E-state index >= 15 is 0 Å². The van der Waals surface area contributed by atoms with Gasteiger partial charge in [-0.2, -0.15) is 0 Å². The number of hydrogen-bond donors (Lipinski definition) is 1. The van der Waals surface area contributed by atoms with Crippen LogP contribution in [0.5, 0.6) is 0 Å². The first-order valence-corrected chi connectivity index (χ1v) is 4.38. The number of rotatable bonds is 5. The molecule has 0 fully saturated rings. The lowest BCUT2D eigenvalue weighted by atomic mass is 9.95.